The summed E-state index contributed by atoms with van der Waals surface area (Å²) < 4.78 is 9.53. The first-order valence-electron chi connectivity index (χ1n) is 6.00. The molecule has 0 spiro atoms. The average molecular weight is 257 g/mol. The summed E-state index contributed by atoms with van der Waals surface area (Å²) in [6.07, 6.45) is 2.74. The Balaban J connectivity index is 1.90. The maximum atomic E-state index is 9.46. The number of nitrogen functional groups attached to an aromatic ring is 1. The smallest absolute Gasteiger partial charge is 0.197 e. The molecule has 1 saturated carbocycles. The molecule has 5 nitrogen and oxygen atoms in total. The Bertz CT molecular complexity index is 370. The Morgan fingerprint density at radius 1 is 1.59 bits per heavy atom. The van der Waals surface area contributed by atoms with Crippen molar-refractivity contribution in [1.82, 2.24) is 4.37 Å². The fraction of sp³-hybridized carbons (Fsp3) is 0.727. The molecule has 2 atom stereocenters. The predicted octanol–water partition coefficient (Wildman–Crippen LogP) is 1.70. The van der Waals surface area contributed by atoms with E-state index in [2.05, 4.69) is 9.69 Å². The van der Waals surface area contributed by atoms with Crippen molar-refractivity contribution >= 4 is 22.4 Å². The van der Waals surface area contributed by atoms with Crippen molar-refractivity contribution in [1.29, 1.82) is 0 Å². The van der Waals surface area contributed by atoms with E-state index in [0.29, 0.717) is 24.1 Å². The number of rotatable bonds is 5. The molecule has 0 aliphatic heterocycles. The van der Waals surface area contributed by atoms with Crippen molar-refractivity contribution in [2.45, 2.75) is 32.3 Å². The van der Waals surface area contributed by atoms with Gasteiger partial charge in [-0.2, -0.15) is 4.37 Å². The number of nitrogens with two attached hydrogens (primary N) is 1. The standard InChI is InChI=1S/C11H19N3O2S/c1-2-16-9-10(12)14-17-11(9)13-6-7-3-4-8(15)5-7/h7-8,13,15H,2-6H2,1H3,(H2,12,14). The molecule has 17 heavy (non-hydrogen) atoms. The van der Waals surface area contributed by atoms with Gasteiger partial charge in [0, 0.05) is 6.54 Å². The van der Waals surface area contributed by atoms with E-state index in [1.54, 1.807) is 0 Å². The Morgan fingerprint density at radius 2 is 2.41 bits per heavy atom. The third-order valence-electron chi connectivity index (χ3n) is 3.03. The van der Waals surface area contributed by atoms with Crippen LogP contribution in [0.1, 0.15) is 26.2 Å². The zero-order chi connectivity index (χ0) is 12.3. The molecule has 1 fully saturated rings. The molecule has 0 amide bonds. The predicted molar refractivity (Wildman–Crippen MR) is 69.5 cm³/mol. The summed E-state index contributed by atoms with van der Waals surface area (Å²) in [6.45, 7) is 3.35. The lowest BCUT2D eigenvalue weighted by Crippen LogP contribution is -2.12. The number of aliphatic hydroxyl groups excluding tert-OH is 1. The Morgan fingerprint density at radius 3 is 3.06 bits per heavy atom. The molecule has 2 unspecified atom stereocenters. The minimum Gasteiger partial charge on any atom is -0.487 e. The van der Waals surface area contributed by atoms with E-state index in [9.17, 15) is 5.11 Å². The van der Waals surface area contributed by atoms with Gasteiger partial charge in [-0.1, -0.05) is 0 Å². The molecule has 1 aliphatic rings. The number of hydrogen-bond acceptors (Lipinski definition) is 6. The summed E-state index contributed by atoms with van der Waals surface area (Å²) in [7, 11) is 0. The fourth-order valence-corrected chi connectivity index (χ4v) is 2.83. The van der Waals surface area contributed by atoms with Crippen molar-refractivity contribution in [3.8, 4) is 5.75 Å². The minimum absolute atomic E-state index is 0.125. The molecule has 1 aromatic heterocycles. The van der Waals surface area contributed by atoms with Crippen LogP contribution in [0.2, 0.25) is 0 Å². The molecule has 1 aliphatic carbocycles. The first kappa shape index (κ1) is 12.4. The van der Waals surface area contributed by atoms with Gasteiger partial charge in [0.25, 0.3) is 0 Å². The number of ether oxygens (including phenoxy) is 1. The van der Waals surface area contributed by atoms with E-state index in [0.717, 1.165) is 30.8 Å². The normalized spacial score (nSPS) is 23.9. The zero-order valence-corrected chi connectivity index (χ0v) is 10.8. The minimum atomic E-state index is -0.125. The van der Waals surface area contributed by atoms with Crippen LogP contribution in [0.4, 0.5) is 10.8 Å². The number of anilines is 2. The summed E-state index contributed by atoms with van der Waals surface area (Å²) >= 11 is 1.33. The van der Waals surface area contributed by atoms with Crippen LogP contribution < -0.4 is 15.8 Å². The second kappa shape index (κ2) is 5.55. The third-order valence-corrected chi connectivity index (χ3v) is 3.83. The van der Waals surface area contributed by atoms with Crippen LogP contribution in [0.3, 0.4) is 0 Å². The van der Waals surface area contributed by atoms with Crippen molar-refractivity contribution < 1.29 is 9.84 Å². The first-order chi connectivity index (χ1) is 8.20. The summed E-state index contributed by atoms with van der Waals surface area (Å²) in [5.74, 6) is 1.64. The summed E-state index contributed by atoms with van der Waals surface area (Å²) in [5.41, 5.74) is 5.73. The van der Waals surface area contributed by atoms with Crippen molar-refractivity contribution in [3.05, 3.63) is 0 Å². The highest BCUT2D eigenvalue weighted by atomic mass is 32.1. The van der Waals surface area contributed by atoms with Gasteiger partial charge in [-0.3, -0.25) is 0 Å². The van der Waals surface area contributed by atoms with Gasteiger partial charge in [0.2, 0.25) is 0 Å². The molecule has 2 rings (SSSR count). The number of hydrogen-bond donors (Lipinski definition) is 3. The van der Waals surface area contributed by atoms with E-state index in [-0.39, 0.29) is 6.10 Å². The summed E-state index contributed by atoms with van der Waals surface area (Å²) in [4.78, 5) is 0. The topological polar surface area (TPSA) is 80.4 Å². The molecular formula is C11H19N3O2S. The lowest BCUT2D eigenvalue weighted by Gasteiger charge is -2.11. The molecular weight excluding hydrogens is 238 g/mol. The zero-order valence-electron chi connectivity index (χ0n) is 9.98. The van der Waals surface area contributed by atoms with Gasteiger partial charge >= 0.3 is 0 Å². The van der Waals surface area contributed by atoms with E-state index in [1.807, 2.05) is 6.92 Å². The van der Waals surface area contributed by atoms with Gasteiger partial charge in [-0.25, -0.2) is 0 Å². The van der Waals surface area contributed by atoms with Crippen molar-refractivity contribution in [2.75, 3.05) is 24.2 Å². The van der Waals surface area contributed by atoms with Gasteiger partial charge in [0.15, 0.2) is 16.6 Å². The highest BCUT2D eigenvalue weighted by molar-refractivity contribution is 7.11. The van der Waals surface area contributed by atoms with E-state index >= 15 is 0 Å². The molecule has 0 saturated heterocycles. The van der Waals surface area contributed by atoms with E-state index < -0.39 is 0 Å². The van der Waals surface area contributed by atoms with Gasteiger partial charge in [-0.05, 0) is 43.6 Å². The van der Waals surface area contributed by atoms with Crippen LogP contribution in [-0.4, -0.2) is 28.7 Å². The van der Waals surface area contributed by atoms with Crippen LogP contribution in [-0.2, 0) is 0 Å². The highest BCUT2D eigenvalue weighted by Crippen LogP contribution is 2.36. The van der Waals surface area contributed by atoms with Gasteiger partial charge in [0.1, 0.15) is 0 Å². The number of aromatic nitrogens is 1. The molecule has 96 valence electrons. The molecule has 1 aromatic rings. The molecule has 0 radical (unpaired) electrons. The largest absolute Gasteiger partial charge is 0.487 e. The van der Waals surface area contributed by atoms with E-state index in [1.165, 1.54) is 11.5 Å². The molecule has 0 aromatic carbocycles. The summed E-state index contributed by atoms with van der Waals surface area (Å²) in [5, 5.41) is 13.7. The van der Waals surface area contributed by atoms with Crippen LogP contribution in [0.15, 0.2) is 0 Å². The quantitative estimate of drug-likeness (QED) is 0.748. The van der Waals surface area contributed by atoms with Crippen LogP contribution in [0.5, 0.6) is 5.75 Å². The van der Waals surface area contributed by atoms with Crippen molar-refractivity contribution in [3.63, 3.8) is 0 Å². The lowest BCUT2D eigenvalue weighted by atomic mass is 10.1. The van der Waals surface area contributed by atoms with Crippen LogP contribution >= 0.6 is 11.5 Å². The molecule has 6 heteroatoms. The Labute approximate surface area is 105 Å². The second-order valence-electron chi connectivity index (χ2n) is 4.37. The van der Waals surface area contributed by atoms with Gasteiger partial charge in [0.05, 0.1) is 12.7 Å². The molecule has 4 N–H and O–H groups in total. The maximum absolute atomic E-state index is 9.46. The highest BCUT2D eigenvalue weighted by Gasteiger charge is 2.23. The average Bonchev–Trinajstić information content (AvgIpc) is 2.86. The number of aliphatic hydroxyl groups is 1. The first-order valence-corrected chi connectivity index (χ1v) is 6.78. The van der Waals surface area contributed by atoms with Gasteiger partial charge in [-0.15, -0.1) is 0 Å². The monoisotopic (exact) mass is 257 g/mol. The number of nitrogens with one attached hydrogen (secondary N) is 1. The van der Waals surface area contributed by atoms with Gasteiger partial charge < -0.3 is 20.9 Å². The Kier molecular flexibility index (Phi) is 4.06. The van der Waals surface area contributed by atoms with Crippen molar-refractivity contribution in [2.24, 2.45) is 5.92 Å². The molecule has 0 bridgehead atoms. The lowest BCUT2D eigenvalue weighted by molar-refractivity contribution is 0.178. The van der Waals surface area contributed by atoms with E-state index in [4.69, 9.17) is 10.5 Å². The summed E-state index contributed by atoms with van der Waals surface area (Å²) in [6, 6.07) is 0. The second-order valence-corrected chi connectivity index (χ2v) is 5.15. The molecule has 1 heterocycles. The van der Waals surface area contributed by atoms with Crippen LogP contribution in [0.25, 0.3) is 0 Å². The SMILES string of the molecule is CCOc1c(N)nsc1NCC1CCC(O)C1. The fourth-order valence-electron chi connectivity index (χ4n) is 2.16. The Hall–Kier alpha value is -1.01. The van der Waals surface area contributed by atoms with Crippen LogP contribution in [0, 0.1) is 5.92 Å². The number of nitrogens with zero attached hydrogens (tertiary/aromatic N) is 1. The maximum Gasteiger partial charge on any atom is 0.197 e. The third kappa shape index (κ3) is 3.01.